The normalized spacial score (nSPS) is 11.5. The molecule has 6 nitrogen and oxygen atoms in total. The van der Waals surface area contributed by atoms with Gasteiger partial charge in [0.15, 0.2) is 6.10 Å². The van der Waals surface area contributed by atoms with Gasteiger partial charge in [0.1, 0.15) is 11.6 Å². The van der Waals surface area contributed by atoms with Crippen LogP contribution < -0.4 is 10.6 Å². The van der Waals surface area contributed by atoms with E-state index in [4.69, 9.17) is 4.74 Å². The molecule has 0 aliphatic heterocycles. The number of urea groups is 1. The summed E-state index contributed by atoms with van der Waals surface area (Å²) in [7, 11) is 1.32. The van der Waals surface area contributed by atoms with Crippen LogP contribution in [0, 0.1) is 11.6 Å². The van der Waals surface area contributed by atoms with Crippen LogP contribution in [0.1, 0.15) is 6.92 Å². The third kappa shape index (κ3) is 5.68. The molecule has 1 rings (SSSR count). The molecule has 0 spiro atoms. The first-order valence-corrected chi connectivity index (χ1v) is 7.12. The zero-order chi connectivity index (χ0) is 16.7. The summed E-state index contributed by atoms with van der Waals surface area (Å²) in [5.41, 5.74) is 0. The molecule has 120 valence electrons. The van der Waals surface area contributed by atoms with E-state index in [1.807, 2.05) is 5.32 Å². The molecule has 3 amide bonds. The molecule has 0 heterocycles. The van der Waals surface area contributed by atoms with Gasteiger partial charge < -0.3 is 10.1 Å². The third-order valence-electron chi connectivity index (χ3n) is 2.38. The molecule has 1 atom stereocenters. The molecule has 9 heteroatoms. The third-order valence-corrected chi connectivity index (χ3v) is 3.38. The van der Waals surface area contributed by atoms with Gasteiger partial charge in [-0.15, -0.1) is 11.8 Å². The van der Waals surface area contributed by atoms with E-state index in [9.17, 15) is 23.2 Å². The number of benzene rings is 1. The van der Waals surface area contributed by atoms with Crippen molar-refractivity contribution in [2.75, 3.05) is 12.8 Å². The molecular weight excluding hydrogens is 318 g/mol. The topological polar surface area (TPSA) is 84.5 Å². The second kappa shape index (κ2) is 8.32. The first kappa shape index (κ1) is 17.9. The highest BCUT2D eigenvalue weighted by atomic mass is 32.2. The number of carbonyl (C=O) groups excluding carboxylic acids is 3. The van der Waals surface area contributed by atoms with E-state index >= 15 is 0 Å². The number of amides is 3. The first-order valence-electron chi connectivity index (χ1n) is 6.13. The van der Waals surface area contributed by atoms with Crippen LogP contribution in [0.15, 0.2) is 23.1 Å². The van der Waals surface area contributed by atoms with E-state index in [1.165, 1.54) is 14.0 Å². The molecule has 0 radical (unpaired) electrons. The number of carbonyl (C=O) groups is 3. The molecule has 0 aliphatic rings. The predicted molar refractivity (Wildman–Crippen MR) is 75.2 cm³/mol. The van der Waals surface area contributed by atoms with E-state index in [1.54, 1.807) is 0 Å². The van der Waals surface area contributed by atoms with Crippen LogP contribution in [0.3, 0.4) is 0 Å². The Morgan fingerprint density at radius 1 is 1.32 bits per heavy atom. The summed E-state index contributed by atoms with van der Waals surface area (Å²) >= 11 is 0.741. The second-order valence-corrected chi connectivity index (χ2v) is 5.08. The summed E-state index contributed by atoms with van der Waals surface area (Å²) < 4.78 is 31.1. The number of esters is 1. The van der Waals surface area contributed by atoms with Crippen LogP contribution in [-0.2, 0) is 14.3 Å². The standard InChI is InChI=1S/C13H14F2N2O4S/c1-7(12(19)17-13(20)16-2)21-11(18)6-22-10-5-8(14)3-4-9(10)15/h3-5,7H,6H2,1-2H3,(H2,16,17,19,20)/t7-/m0/s1. The largest absolute Gasteiger partial charge is 0.452 e. The minimum Gasteiger partial charge on any atom is -0.452 e. The van der Waals surface area contributed by atoms with Crippen molar-refractivity contribution in [1.29, 1.82) is 0 Å². The fraction of sp³-hybridized carbons (Fsp3) is 0.308. The van der Waals surface area contributed by atoms with Crippen molar-refractivity contribution in [3.8, 4) is 0 Å². The van der Waals surface area contributed by atoms with Crippen molar-refractivity contribution in [1.82, 2.24) is 10.6 Å². The monoisotopic (exact) mass is 332 g/mol. The lowest BCUT2D eigenvalue weighted by atomic mass is 10.3. The van der Waals surface area contributed by atoms with E-state index in [2.05, 4.69) is 5.32 Å². The summed E-state index contributed by atoms with van der Waals surface area (Å²) in [4.78, 5) is 33.9. The number of imide groups is 1. The van der Waals surface area contributed by atoms with Crippen LogP contribution in [0.4, 0.5) is 13.6 Å². The van der Waals surface area contributed by atoms with Crippen molar-refractivity contribution in [2.24, 2.45) is 0 Å². The molecule has 1 aromatic rings. The number of rotatable bonds is 5. The van der Waals surface area contributed by atoms with Crippen LogP contribution in [-0.4, -0.2) is 36.8 Å². The van der Waals surface area contributed by atoms with Crippen molar-refractivity contribution in [3.05, 3.63) is 29.8 Å². The van der Waals surface area contributed by atoms with Gasteiger partial charge >= 0.3 is 12.0 Å². The number of hydrogen-bond donors (Lipinski definition) is 2. The smallest absolute Gasteiger partial charge is 0.321 e. The SMILES string of the molecule is CNC(=O)NC(=O)[C@H](C)OC(=O)CSc1cc(F)ccc1F. The average molecular weight is 332 g/mol. The van der Waals surface area contributed by atoms with Gasteiger partial charge in [-0.05, 0) is 25.1 Å². The van der Waals surface area contributed by atoms with Gasteiger partial charge in [0.05, 0.1) is 5.75 Å². The highest BCUT2D eigenvalue weighted by Gasteiger charge is 2.19. The maximum absolute atomic E-state index is 13.3. The summed E-state index contributed by atoms with van der Waals surface area (Å²) in [5.74, 6) is -3.19. The zero-order valence-corrected chi connectivity index (χ0v) is 12.6. The van der Waals surface area contributed by atoms with Gasteiger partial charge in [-0.3, -0.25) is 14.9 Å². The predicted octanol–water partition coefficient (Wildman–Crippen LogP) is 1.44. The Labute approximate surface area is 129 Å². The highest BCUT2D eigenvalue weighted by molar-refractivity contribution is 8.00. The van der Waals surface area contributed by atoms with Crippen molar-refractivity contribution in [2.45, 2.75) is 17.9 Å². The van der Waals surface area contributed by atoms with Crippen molar-refractivity contribution in [3.63, 3.8) is 0 Å². The Kier molecular flexibility index (Phi) is 6.77. The summed E-state index contributed by atoms with van der Waals surface area (Å²) in [6, 6.07) is 2.13. The summed E-state index contributed by atoms with van der Waals surface area (Å²) in [6.45, 7) is 1.28. The Morgan fingerprint density at radius 3 is 2.64 bits per heavy atom. The van der Waals surface area contributed by atoms with Gasteiger partial charge in [-0.1, -0.05) is 0 Å². The molecular formula is C13H14F2N2O4S. The minimum atomic E-state index is -1.19. The first-order chi connectivity index (χ1) is 10.3. The quantitative estimate of drug-likeness (QED) is 0.630. The molecule has 0 unspecified atom stereocenters. The van der Waals surface area contributed by atoms with Crippen molar-refractivity contribution >= 4 is 29.7 Å². The zero-order valence-electron chi connectivity index (χ0n) is 11.8. The number of halogens is 2. The number of ether oxygens (including phenoxy) is 1. The minimum absolute atomic E-state index is 0.0422. The Balaban J connectivity index is 2.47. The molecule has 0 saturated heterocycles. The second-order valence-electron chi connectivity index (χ2n) is 4.06. The van der Waals surface area contributed by atoms with Gasteiger partial charge in [0, 0.05) is 11.9 Å². The van der Waals surface area contributed by atoms with Gasteiger partial charge in [-0.2, -0.15) is 0 Å². The maximum atomic E-state index is 13.3. The lowest BCUT2D eigenvalue weighted by molar-refractivity contribution is -0.151. The summed E-state index contributed by atoms with van der Waals surface area (Å²) in [5, 5.41) is 4.11. The van der Waals surface area contributed by atoms with Gasteiger partial charge in [0.2, 0.25) is 0 Å². The molecule has 0 aliphatic carbocycles. The van der Waals surface area contributed by atoms with Crippen molar-refractivity contribution < 1.29 is 27.9 Å². The lowest BCUT2D eigenvalue weighted by Gasteiger charge is -2.12. The number of thioether (sulfide) groups is 1. The highest BCUT2D eigenvalue weighted by Crippen LogP contribution is 2.22. The molecule has 0 saturated carbocycles. The van der Waals surface area contributed by atoms with Gasteiger partial charge in [0.25, 0.3) is 5.91 Å². The molecule has 22 heavy (non-hydrogen) atoms. The van der Waals surface area contributed by atoms with Gasteiger partial charge in [-0.25, -0.2) is 13.6 Å². The lowest BCUT2D eigenvalue weighted by Crippen LogP contribution is -2.43. The molecule has 0 aromatic heterocycles. The van der Waals surface area contributed by atoms with Crippen LogP contribution in [0.2, 0.25) is 0 Å². The molecule has 0 fully saturated rings. The maximum Gasteiger partial charge on any atom is 0.321 e. The Bertz CT molecular complexity index is 583. The fourth-order valence-electron chi connectivity index (χ4n) is 1.29. The van der Waals surface area contributed by atoms with E-state index in [0.29, 0.717) is 0 Å². The van der Waals surface area contributed by atoms with Crippen LogP contribution >= 0.6 is 11.8 Å². The number of nitrogens with one attached hydrogen (secondary N) is 2. The number of hydrogen-bond acceptors (Lipinski definition) is 5. The molecule has 0 bridgehead atoms. The Morgan fingerprint density at radius 2 is 2.00 bits per heavy atom. The average Bonchev–Trinajstić information content (AvgIpc) is 2.47. The van der Waals surface area contributed by atoms with E-state index in [-0.39, 0.29) is 10.6 Å². The van der Waals surface area contributed by atoms with E-state index < -0.39 is 35.6 Å². The molecule has 2 N–H and O–H groups in total. The summed E-state index contributed by atoms with van der Waals surface area (Å²) in [6.07, 6.45) is -1.19. The molecule has 1 aromatic carbocycles. The van der Waals surface area contributed by atoms with Crippen LogP contribution in [0.5, 0.6) is 0 Å². The van der Waals surface area contributed by atoms with E-state index in [0.717, 1.165) is 30.0 Å². The fourth-order valence-corrected chi connectivity index (χ4v) is 2.03. The Hall–Kier alpha value is -2.16. The van der Waals surface area contributed by atoms with Crippen LogP contribution in [0.25, 0.3) is 0 Å².